The number of ether oxygens (including phenoxy) is 1. The maximum absolute atomic E-state index is 13.4. The zero-order chi connectivity index (χ0) is 12.3. The predicted octanol–water partition coefficient (Wildman–Crippen LogP) is 2.39. The topological polar surface area (TPSA) is 38.3 Å². The summed E-state index contributed by atoms with van der Waals surface area (Å²) in [5.41, 5.74) is -0.104. The van der Waals surface area contributed by atoms with E-state index in [1.54, 1.807) is 0 Å². The van der Waals surface area contributed by atoms with Gasteiger partial charge >= 0.3 is 0 Å². The van der Waals surface area contributed by atoms with Gasteiger partial charge in [-0.15, -0.1) is 0 Å². The van der Waals surface area contributed by atoms with E-state index in [1.807, 2.05) is 0 Å². The van der Waals surface area contributed by atoms with Gasteiger partial charge in [-0.25, -0.2) is 4.39 Å². The Hall–Kier alpha value is -1.13. The molecule has 0 aliphatic carbocycles. The molecule has 3 nitrogen and oxygen atoms in total. The lowest BCUT2D eigenvalue weighted by atomic mass is 10.2. The van der Waals surface area contributed by atoms with Crippen molar-refractivity contribution < 1.29 is 13.9 Å². The molecule has 0 radical (unpaired) electrons. The molecule has 1 heterocycles. The van der Waals surface area contributed by atoms with Crippen LogP contribution in [0.5, 0.6) is 0 Å². The molecule has 5 heteroatoms. The van der Waals surface area contributed by atoms with Gasteiger partial charge in [0.2, 0.25) is 0 Å². The predicted molar refractivity (Wildman–Crippen MR) is 62.7 cm³/mol. The highest BCUT2D eigenvalue weighted by atomic mass is 35.5. The van der Waals surface area contributed by atoms with Crippen molar-refractivity contribution in [1.29, 1.82) is 0 Å². The fraction of sp³-hybridized carbons (Fsp3) is 0.417. The fourth-order valence-electron chi connectivity index (χ4n) is 1.81. The molecule has 0 saturated carbocycles. The van der Waals surface area contributed by atoms with E-state index in [2.05, 4.69) is 5.32 Å². The summed E-state index contributed by atoms with van der Waals surface area (Å²) in [5.74, 6) is -1.11. The molecule has 1 atom stereocenters. The first-order chi connectivity index (χ1) is 8.18. The van der Waals surface area contributed by atoms with E-state index in [0.29, 0.717) is 6.54 Å². The third-order valence-corrected chi connectivity index (χ3v) is 3.02. The molecule has 92 valence electrons. The summed E-state index contributed by atoms with van der Waals surface area (Å²) in [6.45, 7) is 1.12. The minimum atomic E-state index is -0.609. The Balaban J connectivity index is 1.99. The molecule has 1 N–H and O–H groups in total. The molecule has 2 rings (SSSR count). The molecule has 1 aliphatic rings. The van der Waals surface area contributed by atoms with Crippen molar-refractivity contribution in [1.82, 2.24) is 5.32 Å². The van der Waals surface area contributed by atoms with Crippen LogP contribution < -0.4 is 5.32 Å². The molecule has 0 aromatic heterocycles. The molecule has 1 aromatic rings. The lowest BCUT2D eigenvalue weighted by molar-refractivity contribution is 0.0854. The van der Waals surface area contributed by atoms with Crippen LogP contribution in [0.25, 0.3) is 0 Å². The highest BCUT2D eigenvalue weighted by Gasteiger charge is 2.19. The first kappa shape index (κ1) is 12.3. The van der Waals surface area contributed by atoms with Crippen molar-refractivity contribution in [2.45, 2.75) is 18.9 Å². The smallest absolute Gasteiger partial charge is 0.255 e. The Morgan fingerprint density at radius 2 is 2.41 bits per heavy atom. The van der Waals surface area contributed by atoms with Crippen LogP contribution in [-0.4, -0.2) is 25.2 Å². The highest BCUT2D eigenvalue weighted by Crippen LogP contribution is 2.19. The van der Waals surface area contributed by atoms with Gasteiger partial charge in [-0.1, -0.05) is 17.7 Å². The SMILES string of the molecule is O=C(NC[C@@H]1CCCO1)c1c(F)cccc1Cl. The Morgan fingerprint density at radius 3 is 3.06 bits per heavy atom. The summed E-state index contributed by atoms with van der Waals surface area (Å²) >= 11 is 5.79. The third-order valence-electron chi connectivity index (χ3n) is 2.70. The average Bonchev–Trinajstić information content (AvgIpc) is 2.79. The van der Waals surface area contributed by atoms with Gasteiger partial charge in [0.15, 0.2) is 0 Å². The van der Waals surface area contributed by atoms with Gasteiger partial charge in [0.1, 0.15) is 5.82 Å². The first-order valence-electron chi connectivity index (χ1n) is 5.52. The van der Waals surface area contributed by atoms with Gasteiger partial charge in [0.25, 0.3) is 5.91 Å². The molecule has 0 bridgehead atoms. The minimum absolute atomic E-state index is 0.0319. The summed E-state index contributed by atoms with van der Waals surface area (Å²) in [7, 11) is 0. The normalized spacial score (nSPS) is 19.3. The molecule has 0 spiro atoms. The standard InChI is InChI=1S/C12H13ClFNO2/c13-9-4-1-5-10(14)11(9)12(16)15-7-8-3-2-6-17-8/h1,4-5,8H,2-3,6-7H2,(H,15,16)/t8-/m0/s1. The van der Waals surface area contributed by atoms with Crippen LogP contribution in [0.3, 0.4) is 0 Å². The Bertz CT molecular complexity index is 399. The van der Waals surface area contributed by atoms with Gasteiger partial charge in [-0.2, -0.15) is 0 Å². The van der Waals surface area contributed by atoms with E-state index in [9.17, 15) is 9.18 Å². The molecule has 17 heavy (non-hydrogen) atoms. The van der Waals surface area contributed by atoms with Gasteiger partial charge in [-0.05, 0) is 25.0 Å². The Morgan fingerprint density at radius 1 is 1.59 bits per heavy atom. The van der Waals surface area contributed by atoms with Crippen LogP contribution in [0, 0.1) is 5.82 Å². The zero-order valence-corrected chi connectivity index (χ0v) is 9.97. The summed E-state index contributed by atoms with van der Waals surface area (Å²) in [4.78, 5) is 11.8. The molecule has 1 aromatic carbocycles. The second-order valence-corrected chi connectivity index (χ2v) is 4.35. The maximum atomic E-state index is 13.4. The highest BCUT2D eigenvalue weighted by molar-refractivity contribution is 6.33. The average molecular weight is 258 g/mol. The van der Waals surface area contributed by atoms with Crippen molar-refractivity contribution in [2.24, 2.45) is 0 Å². The lowest BCUT2D eigenvalue weighted by Gasteiger charge is -2.11. The summed E-state index contributed by atoms with van der Waals surface area (Å²) in [6, 6.07) is 4.17. The van der Waals surface area contributed by atoms with Gasteiger partial charge < -0.3 is 10.1 Å². The Kier molecular flexibility index (Phi) is 3.97. The largest absolute Gasteiger partial charge is 0.376 e. The quantitative estimate of drug-likeness (QED) is 0.903. The number of rotatable bonds is 3. The summed E-state index contributed by atoms with van der Waals surface area (Å²) < 4.78 is 18.8. The number of carbonyl (C=O) groups excluding carboxylic acids is 1. The molecule has 1 fully saturated rings. The van der Waals surface area contributed by atoms with Crippen molar-refractivity contribution in [3.05, 3.63) is 34.6 Å². The number of hydrogen-bond donors (Lipinski definition) is 1. The number of nitrogens with one attached hydrogen (secondary N) is 1. The zero-order valence-electron chi connectivity index (χ0n) is 9.21. The second-order valence-electron chi connectivity index (χ2n) is 3.94. The van der Waals surface area contributed by atoms with Crippen LogP contribution >= 0.6 is 11.6 Å². The van der Waals surface area contributed by atoms with Crippen LogP contribution in [0.1, 0.15) is 23.2 Å². The summed E-state index contributed by atoms with van der Waals surface area (Å²) in [5, 5.41) is 2.75. The molecule has 1 saturated heterocycles. The van der Waals surface area contributed by atoms with E-state index in [0.717, 1.165) is 19.4 Å². The third kappa shape index (κ3) is 2.96. The van der Waals surface area contributed by atoms with Gasteiger partial charge in [0.05, 0.1) is 16.7 Å². The van der Waals surface area contributed by atoms with Crippen molar-refractivity contribution in [2.75, 3.05) is 13.2 Å². The lowest BCUT2D eigenvalue weighted by Crippen LogP contribution is -2.32. The van der Waals surface area contributed by atoms with E-state index >= 15 is 0 Å². The number of halogens is 2. The van der Waals surface area contributed by atoms with Crippen LogP contribution in [0.2, 0.25) is 5.02 Å². The van der Waals surface area contributed by atoms with Gasteiger partial charge in [-0.3, -0.25) is 4.79 Å². The second kappa shape index (κ2) is 5.47. The van der Waals surface area contributed by atoms with Crippen molar-refractivity contribution >= 4 is 17.5 Å². The van der Waals surface area contributed by atoms with Crippen molar-refractivity contribution in [3.63, 3.8) is 0 Å². The van der Waals surface area contributed by atoms with E-state index in [4.69, 9.17) is 16.3 Å². The number of carbonyl (C=O) groups is 1. The maximum Gasteiger partial charge on any atom is 0.255 e. The van der Waals surface area contributed by atoms with Crippen LogP contribution in [-0.2, 0) is 4.74 Å². The van der Waals surface area contributed by atoms with Gasteiger partial charge in [0, 0.05) is 13.2 Å². The van der Waals surface area contributed by atoms with Crippen LogP contribution in [0.15, 0.2) is 18.2 Å². The molecular weight excluding hydrogens is 245 g/mol. The van der Waals surface area contributed by atoms with E-state index in [-0.39, 0.29) is 16.7 Å². The number of benzene rings is 1. The summed E-state index contributed by atoms with van der Waals surface area (Å²) in [6.07, 6.45) is 1.95. The fourth-order valence-corrected chi connectivity index (χ4v) is 2.06. The van der Waals surface area contributed by atoms with Crippen LogP contribution in [0.4, 0.5) is 4.39 Å². The molecule has 1 aliphatic heterocycles. The monoisotopic (exact) mass is 257 g/mol. The van der Waals surface area contributed by atoms with E-state index < -0.39 is 11.7 Å². The van der Waals surface area contributed by atoms with E-state index in [1.165, 1.54) is 18.2 Å². The number of amides is 1. The first-order valence-corrected chi connectivity index (χ1v) is 5.90. The molecule has 1 amide bonds. The molecule has 0 unspecified atom stereocenters. The number of hydrogen-bond acceptors (Lipinski definition) is 2. The molecular formula is C12H13ClFNO2. The van der Waals surface area contributed by atoms with Crippen molar-refractivity contribution in [3.8, 4) is 0 Å². The minimum Gasteiger partial charge on any atom is -0.376 e. The Labute approximate surface area is 104 Å².